The highest BCUT2D eigenvalue weighted by Crippen LogP contribution is 2.22. The number of benzene rings is 1. The van der Waals surface area contributed by atoms with Crippen LogP contribution in [0.5, 0.6) is 0 Å². The lowest BCUT2D eigenvalue weighted by Crippen LogP contribution is -2.37. The fraction of sp³-hybridized carbons (Fsp3) is 0.357. The van der Waals surface area contributed by atoms with E-state index in [2.05, 4.69) is 4.98 Å². The number of hydrogen-bond acceptors (Lipinski definition) is 2. The normalized spacial score (nSPS) is 19.3. The van der Waals surface area contributed by atoms with Gasteiger partial charge in [0.1, 0.15) is 11.5 Å². The minimum atomic E-state index is -0.320. The van der Waals surface area contributed by atoms with Gasteiger partial charge < -0.3 is 15.0 Å². The van der Waals surface area contributed by atoms with Crippen molar-refractivity contribution in [2.45, 2.75) is 18.9 Å². The predicted octanol–water partition coefficient (Wildman–Crippen LogP) is 1.90. The summed E-state index contributed by atoms with van der Waals surface area (Å²) in [6, 6.07) is 5.94. The first-order valence-electron chi connectivity index (χ1n) is 6.39. The molecule has 5 heteroatoms. The Labute approximate surface area is 109 Å². The maximum atomic E-state index is 13.1. The van der Waals surface area contributed by atoms with E-state index < -0.39 is 0 Å². The number of likely N-dealkylation sites (tertiary alicyclic amines) is 1. The largest absolute Gasteiger partial charge is 0.394 e. The third-order valence-corrected chi connectivity index (χ3v) is 3.66. The lowest BCUT2D eigenvalue weighted by atomic mass is 10.2. The Morgan fingerprint density at radius 3 is 3.11 bits per heavy atom. The van der Waals surface area contributed by atoms with Crippen molar-refractivity contribution in [3.8, 4) is 0 Å². The van der Waals surface area contributed by atoms with Crippen LogP contribution in [0.2, 0.25) is 0 Å². The van der Waals surface area contributed by atoms with Gasteiger partial charge in [0, 0.05) is 17.4 Å². The van der Waals surface area contributed by atoms with Crippen LogP contribution >= 0.6 is 0 Å². The fourth-order valence-corrected chi connectivity index (χ4v) is 2.67. The smallest absolute Gasteiger partial charge is 0.270 e. The van der Waals surface area contributed by atoms with Crippen LogP contribution in [-0.2, 0) is 0 Å². The van der Waals surface area contributed by atoms with Crippen molar-refractivity contribution in [1.29, 1.82) is 0 Å². The van der Waals surface area contributed by atoms with Crippen molar-refractivity contribution in [3.05, 3.63) is 35.8 Å². The Morgan fingerprint density at radius 2 is 2.32 bits per heavy atom. The van der Waals surface area contributed by atoms with Gasteiger partial charge >= 0.3 is 0 Å². The van der Waals surface area contributed by atoms with E-state index in [4.69, 9.17) is 0 Å². The quantitative estimate of drug-likeness (QED) is 0.868. The number of fused-ring (bicyclic) bond motifs is 1. The first kappa shape index (κ1) is 12.2. The highest BCUT2D eigenvalue weighted by atomic mass is 19.1. The maximum absolute atomic E-state index is 13.1. The molecular formula is C14H15FN2O2. The molecule has 3 rings (SSSR count). The van der Waals surface area contributed by atoms with Crippen molar-refractivity contribution in [3.63, 3.8) is 0 Å². The summed E-state index contributed by atoms with van der Waals surface area (Å²) in [5, 5.41) is 9.94. The molecule has 0 bridgehead atoms. The van der Waals surface area contributed by atoms with Crippen LogP contribution in [0.3, 0.4) is 0 Å². The number of aliphatic hydroxyl groups excluding tert-OH is 1. The van der Waals surface area contributed by atoms with Crippen molar-refractivity contribution < 1.29 is 14.3 Å². The number of rotatable bonds is 2. The monoisotopic (exact) mass is 262 g/mol. The molecule has 2 heterocycles. The predicted molar refractivity (Wildman–Crippen MR) is 69.4 cm³/mol. The zero-order valence-electron chi connectivity index (χ0n) is 10.4. The van der Waals surface area contributed by atoms with Crippen molar-refractivity contribution in [2.75, 3.05) is 13.2 Å². The van der Waals surface area contributed by atoms with Crippen LogP contribution in [0.15, 0.2) is 24.3 Å². The van der Waals surface area contributed by atoms with Gasteiger partial charge in [-0.05, 0) is 37.1 Å². The van der Waals surface area contributed by atoms with Gasteiger partial charge in [-0.2, -0.15) is 0 Å². The minimum absolute atomic E-state index is 0.0133. The Kier molecular flexibility index (Phi) is 2.98. The van der Waals surface area contributed by atoms with Crippen molar-refractivity contribution in [1.82, 2.24) is 9.88 Å². The van der Waals surface area contributed by atoms with E-state index in [-0.39, 0.29) is 24.4 Å². The summed E-state index contributed by atoms with van der Waals surface area (Å²) in [5.41, 5.74) is 1.19. The molecule has 1 amide bonds. The highest BCUT2D eigenvalue weighted by molar-refractivity contribution is 5.98. The molecule has 1 aromatic carbocycles. The summed E-state index contributed by atoms with van der Waals surface area (Å²) < 4.78 is 13.1. The number of H-pyrrole nitrogens is 1. The topological polar surface area (TPSA) is 56.3 Å². The molecule has 1 aliphatic heterocycles. The molecule has 1 aliphatic rings. The summed E-state index contributed by atoms with van der Waals surface area (Å²) in [6.07, 6.45) is 1.74. The molecule has 1 unspecified atom stereocenters. The first-order valence-corrected chi connectivity index (χ1v) is 6.39. The van der Waals surface area contributed by atoms with E-state index in [0.29, 0.717) is 17.6 Å². The molecule has 1 aromatic heterocycles. The third kappa shape index (κ3) is 2.10. The second-order valence-corrected chi connectivity index (χ2v) is 4.89. The fourth-order valence-electron chi connectivity index (χ4n) is 2.67. The molecule has 0 aliphatic carbocycles. The molecule has 4 nitrogen and oxygen atoms in total. The van der Waals surface area contributed by atoms with Crippen molar-refractivity contribution in [2.24, 2.45) is 0 Å². The number of hydrogen-bond donors (Lipinski definition) is 2. The molecule has 100 valence electrons. The number of aromatic amines is 1. The summed E-state index contributed by atoms with van der Waals surface area (Å²) in [4.78, 5) is 17.0. The van der Waals surface area contributed by atoms with Crippen LogP contribution in [0.1, 0.15) is 23.3 Å². The van der Waals surface area contributed by atoms with Gasteiger partial charge in [-0.25, -0.2) is 4.39 Å². The van der Waals surface area contributed by atoms with Crippen LogP contribution < -0.4 is 0 Å². The van der Waals surface area contributed by atoms with E-state index in [1.807, 2.05) is 0 Å². The number of nitrogens with zero attached hydrogens (tertiary/aromatic N) is 1. The van der Waals surface area contributed by atoms with E-state index in [0.717, 1.165) is 18.4 Å². The molecule has 1 saturated heterocycles. The molecule has 2 aromatic rings. The lowest BCUT2D eigenvalue weighted by Gasteiger charge is -2.22. The number of aliphatic hydroxyl groups is 1. The number of carbonyl (C=O) groups excluding carboxylic acids is 1. The minimum Gasteiger partial charge on any atom is -0.394 e. The zero-order valence-corrected chi connectivity index (χ0v) is 10.4. The average molecular weight is 262 g/mol. The molecule has 2 N–H and O–H groups in total. The Balaban J connectivity index is 1.93. The summed E-state index contributed by atoms with van der Waals surface area (Å²) in [6.45, 7) is 0.647. The molecule has 0 radical (unpaired) electrons. The van der Waals surface area contributed by atoms with Crippen LogP contribution in [0, 0.1) is 5.82 Å². The first-order chi connectivity index (χ1) is 9.19. The number of nitrogens with one attached hydrogen (secondary N) is 1. The van der Waals surface area contributed by atoms with Gasteiger partial charge in [0.15, 0.2) is 0 Å². The molecule has 1 atom stereocenters. The number of carbonyl (C=O) groups is 1. The summed E-state index contributed by atoms with van der Waals surface area (Å²) >= 11 is 0. The van der Waals surface area contributed by atoms with Gasteiger partial charge in [0.25, 0.3) is 5.91 Å². The van der Waals surface area contributed by atoms with E-state index in [9.17, 15) is 14.3 Å². The second kappa shape index (κ2) is 4.66. The number of amides is 1. The molecule has 19 heavy (non-hydrogen) atoms. The Hall–Kier alpha value is -1.88. The van der Waals surface area contributed by atoms with Gasteiger partial charge in [0.2, 0.25) is 0 Å². The zero-order chi connectivity index (χ0) is 13.4. The van der Waals surface area contributed by atoms with Crippen LogP contribution in [0.4, 0.5) is 4.39 Å². The van der Waals surface area contributed by atoms with Gasteiger partial charge in [-0.1, -0.05) is 0 Å². The maximum Gasteiger partial charge on any atom is 0.270 e. The summed E-state index contributed by atoms with van der Waals surface area (Å²) in [5.74, 6) is -0.451. The van der Waals surface area contributed by atoms with Crippen LogP contribution in [-0.4, -0.2) is 40.1 Å². The molecule has 0 spiro atoms. The Bertz CT molecular complexity index is 623. The van der Waals surface area contributed by atoms with E-state index in [1.165, 1.54) is 12.1 Å². The van der Waals surface area contributed by atoms with Crippen LogP contribution in [0.25, 0.3) is 10.9 Å². The van der Waals surface area contributed by atoms with Gasteiger partial charge in [-0.3, -0.25) is 4.79 Å². The Morgan fingerprint density at radius 1 is 1.47 bits per heavy atom. The van der Waals surface area contributed by atoms with Gasteiger partial charge in [0.05, 0.1) is 12.6 Å². The lowest BCUT2D eigenvalue weighted by molar-refractivity contribution is 0.0672. The summed E-state index contributed by atoms with van der Waals surface area (Å²) in [7, 11) is 0. The van der Waals surface area contributed by atoms with Gasteiger partial charge in [-0.15, -0.1) is 0 Å². The van der Waals surface area contributed by atoms with E-state index >= 15 is 0 Å². The SMILES string of the molecule is O=C(c1cc2cc(F)ccc2[nH]1)N1CCCC1CO. The molecule has 0 saturated carbocycles. The molecular weight excluding hydrogens is 247 g/mol. The standard InChI is InChI=1S/C14H15FN2O2/c15-10-3-4-12-9(6-10)7-13(16-12)14(19)17-5-1-2-11(17)8-18/h3-4,6-7,11,16,18H,1-2,5,8H2. The number of halogens is 1. The third-order valence-electron chi connectivity index (χ3n) is 3.66. The average Bonchev–Trinajstić information content (AvgIpc) is 3.03. The second-order valence-electron chi connectivity index (χ2n) is 4.89. The van der Waals surface area contributed by atoms with E-state index in [1.54, 1.807) is 17.0 Å². The number of aromatic nitrogens is 1. The van der Waals surface area contributed by atoms with Crippen molar-refractivity contribution >= 4 is 16.8 Å². The molecule has 1 fully saturated rings. The highest BCUT2D eigenvalue weighted by Gasteiger charge is 2.29.